The van der Waals surface area contributed by atoms with E-state index in [1.54, 1.807) is 6.20 Å². The van der Waals surface area contributed by atoms with Gasteiger partial charge in [0.15, 0.2) is 0 Å². The van der Waals surface area contributed by atoms with Crippen molar-refractivity contribution < 1.29 is 21.5 Å². The van der Waals surface area contributed by atoms with Gasteiger partial charge in [-0.05, 0) is 13.1 Å². The molecule has 0 aliphatic rings. The first kappa shape index (κ1) is 14.4. The quantitative estimate of drug-likeness (QED) is 0.559. The topological polar surface area (TPSA) is 12.0 Å². The molecule has 0 bridgehead atoms. The van der Waals surface area contributed by atoms with Crippen molar-refractivity contribution in [3.63, 3.8) is 0 Å². The Hall–Kier alpha value is -0.610. The number of aromatic nitrogens is 2. The number of hydrogen-bond acceptors (Lipinski definition) is 1. The van der Waals surface area contributed by atoms with Gasteiger partial charge in [-0.15, -0.1) is 0 Å². The number of rotatable bonds is 6. The number of hydrogen-bond donors (Lipinski definition) is 0. The molecule has 1 aromatic heterocycles. The molecule has 0 amide bonds. The van der Waals surface area contributed by atoms with Crippen LogP contribution in [0, 0.1) is 0 Å². The summed E-state index contributed by atoms with van der Waals surface area (Å²) in [5.41, 5.74) is 0. The zero-order valence-electron chi connectivity index (χ0n) is 9.56. The predicted octanol–water partition coefficient (Wildman–Crippen LogP) is -1.78. The highest BCUT2D eigenvalue weighted by Crippen LogP contribution is 1.87. The van der Waals surface area contributed by atoms with Crippen molar-refractivity contribution in [2.45, 2.75) is 20.4 Å². The van der Waals surface area contributed by atoms with Crippen LogP contribution in [0.2, 0.25) is 0 Å². The molecule has 0 saturated heterocycles. The van der Waals surface area contributed by atoms with Crippen LogP contribution in [-0.2, 0) is 6.54 Å². The summed E-state index contributed by atoms with van der Waals surface area (Å²) in [6.07, 6.45) is 7.94. The van der Waals surface area contributed by atoms with Gasteiger partial charge in [0, 0.05) is 6.54 Å². The van der Waals surface area contributed by atoms with Gasteiger partial charge < -0.3 is 17.0 Å². The standard InChI is InChI=1S/C11H20N3.BrH/c1-4-12(5-2)7-9-14-10-8-13(6-3)11-14;/h6,8,10-11H,3-5,7,9H2,1-2H3;1H/q+1;/p-1. The third-order valence-corrected chi connectivity index (χ3v) is 2.49. The highest BCUT2D eigenvalue weighted by Gasteiger charge is 2.03. The summed E-state index contributed by atoms with van der Waals surface area (Å²) < 4.78 is 4.14. The van der Waals surface area contributed by atoms with Crippen LogP contribution in [0.25, 0.3) is 6.20 Å². The molecule has 1 rings (SSSR count). The first-order chi connectivity index (χ1) is 6.80. The lowest BCUT2D eigenvalue weighted by molar-refractivity contribution is -0.695. The van der Waals surface area contributed by atoms with E-state index in [0.717, 1.165) is 26.2 Å². The first-order valence-corrected chi connectivity index (χ1v) is 5.21. The molecule has 0 fully saturated rings. The van der Waals surface area contributed by atoms with Gasteiger partial charge in [0.1, 0.15) is 18.9 Å². The van der Waals surface area contributed by atoms with E-state index in [0.29, 0.717) is 0 Å². The van der Waals surface area contributed by atoms with Gasteiger partial charge >= 0.3 is 0 Å². The van der Waals surface area contributed by atoms with Gasteiger partial charge in [-0.2, -0.15) is 0 Å². The van der Waals surface area contributed by atoms with E-state index < -0.39 is 0 Å². The van der Waals surface area contributed by atoms with Crippen LogP contribution < -0.4 is 21.5 Å². The summed E-state index contributed by atoms with van der Waals surface area (Å²) in [5.74, 6) is 0. The molecule has 0 radical (unpaired) electrons. The van der Waals surface area contributed by atoms with Crippen LogP contribution in [0.4, 0.5) is 0 Å². The van der Waals surface area contributed by atoms with Crippen molar-refractivity contribution in [3.8, 4) is 0 Å². The molecule has 0 saturated carbocycles. The first-order valence-electron chi connectivity index (χ1n) is 5.21. The molecule has 86 valence electrons. The van der Waals surface area contributed by atoms with Gasteiger partial charge in [-0.25, -0.2) is 9.13 Å². The average Bonchev–Trinajstić information content (AvgIpc) is 2.67. The third-order valence-electron chi connectivity index (χ3n) is 2.49. The molecule has 0 atom stereocenters. The fourth-order valence-corrected chi connectivity index (χ4v) is 1.45. The van der Waals surface area contributed by atoms with Crippen molar-refractivity contribution in [3.05, 3.63) is 25.3 Å². The minimum atomic E-state index is 0. The minimum absolute atomic E-state index is 0. The minimum Gasteiger partial charge on any atom is -1.00 e. The normalized spacial score (nSPS) is 10.1. The van der Waals surface area contributed by atoms with Gasteiger partial charge in [0.25, 0.3) is 0 Å². The van der Waals surface area contributed by atoms with Gasteiger partial charge in [0.05, 0.1) is 6.20 Å². The maximum absolute atomic E-state index is 3.71. The summed E-state index contributed by atoms with van der Waals surface area (Å²) in [4.78, 5) is 2.41. The molecule has 0 N–H and O–H groups in total. The molecule has 15 heavy (non-hydrogen) atoms. The van der Waals surface area contributed by atoms with Gasteiger partial charge in [-0.1, -0.05) is 20.4 Å². The van der Waals surface area contributed by atoms with Crippen LogP contribution in [0.1, 0.15) is 13.8 Å². The monoisotopic (exact) mass is 273 g/mol. The zero-order chi connectivity index (χ0) is 10.4. The highest BCUT2D eigenvalue weighted by atomic mass is 79.9. The Kier molecular flexibility index (Phi) is 7.34. The molecule has 3 nitrogen and oxygen atoms in total. The summed E-state index contributed by atoms with van der Waals surface area (Å²) in [6.45, 7) is 12.5. The lowest BCUT2D eigenvalue weighted by atomic mass is 10.4. The number of halogens is 1. The molecular weight excluding hydrogens is 254 g/mol. The summed E-state index contributed by atoms with van der Waals surface area (Å²) in [5, 5.41) is 0. The Morgan fingerprint density at radius 3 is 2.53 bits per heavy atom. The summed E-state index contributed by atoms with van der Waals surface area (Å²) in [7, 11) is 0. The zero-order valence-corrected chi connectivity index (χ0v) is 11.2. The number of imidazole rings is 1. The van der Waals surface area contributed by atoms with Crippen molar-refractivity contribution in [1.29, 1.82) is 0 Å². The fraction of sp³-hybridized carbons (Fsp3) is 0.545. The Balaban J connectivity index is 0.00000196. The fourth-order valence-electron chi connectivity index (χ4n) is 1.45. The number of nitrogens with zero attached hydrogens (tertiary/aromatic N) is 3. The largest absolute Gasteiger partial charge is 1.00 e. The molecule has 0 spiro atoms. The molecule has 0 aliphatic carbocycles. The third kappa shape index (κ3) is 4.62. The molecule has 0 aliphatic heterocycles. The molecule has 1 heterocycles. The van der Waals surface area contributed by atoms with E-state index in [2.05, 4.69) is 42.4 Å². The van der Waals surface area contributed by atoms with E-state index in [1.165, 1.54) is 0 Å². The van der Waals surface area contributed by atoms with Gasteiger partial charge in [-0.3, -0.25) is 4.90 Å². The van der Waals surface area contributed by atoms with E-state index in [-0.39, 0.29) is 17.0 Å². The smallest absolute Gasteiger partial charge is 0.248 e. The maximum atomic E-state index is 3.71. The average molecular weight is 274 g/mol. The lowest BCUT2D eigenvalue weighted by Crippen LogP contribution is -3.00. The van der Waals surface area contributed by atoms with Gasteiger partial charge in [0.2, 0.25) is 6.33 Å². The Bertz CT molecular complexity index is 279. The second-order valence-corrected chi connectivity index (χ2v) is 3.31. The van der Waals surface area contributed by atoms with E-state index in [9.17, 15) is 0 Å². The SMILES string of the molecule is C=Cn1cc[n+](CCN(CC)CC)c1.[Br-]. The van der Waals surface area contributed by atoms with Crippen molar-refractivity contribution in [1.82, 2.24) is 9.47 Å². The van der Waals surface area contributed by atoms with Crippen molar-refractivity contribution in [2.75, 3.05) is 19.6 Å². The second kappa shape index (κ2) is 7.65. The summed E-state index contributed by atoms with van der Waals surface area (Å²) in [6, 6.07) is 0. The molecular formula is C11H20BrN3. The lowest BCUT2D eigenvalue weighted by Gasteiger charge is -2.15. The molecule has 1 aromatic rings. The predicted molar refractivity (Wildman–Crippen MR) is 58.8 cm³/mol. The highest BCUT2D eigenvalue weighted by molar-refractivity contribution is 5.12. The van der Waals surface area contributed by atoms with Crippen LogP contribution in [0.3, 0.4) is 0 Å². The van der Waals surface area contributed by atoms with E-state index >= 15 is 0 Å². The Morgan fingerprint density at radius 2 is 2.07 bits per heavy atom. The van der Waals surface area contributed by atoms with Crippen LogP contribution in [-0.4, -0.2) is 29.1 Å². The van der Waals surface area contributed by atoms with Crippen LogP contribution >= 0.6 is 0 Å². The van der Waals surface area contributed by atoms with Crippen molar-refractivity contribution in [2.24, 2.45) is 0 Å². The molecule has 0 unspecified atom stereocenters. The van der Waals surface area contributed by atoms with Crippen molar-refractivity contribution >= 4 is 6.20 Å². The Labute approximate surface area is 103 Å². The molecule has 4 heteroatoms. The number of likely N-dealkylation sites (N-methyl/N-ethyl adjacent to an activating group) is 1. The second-order valence-electron chi connectivity index (χ2n) is 3.31. The van der Waals surface area contributed by atoms with E-state index in [4.69, 9.17) is 0 Å². The molecule has 0 aromatic carbocycles. The summed E-state index contributed by atoms with van der Waals surface area (Å²) >= 11 is 0. The van der Waals surface area contributed by atoms with E-state index in [1.807, 2.05) is 10.8 Å². The van der Waals surface area contributed by atoms with Crippen LogP contribution in [0.5, 0.6) is 0 Å². The Morgan fingerprint density at radius 1 is 1.40 bits per heavy atom. The van der Waals surface area contributed by atoms with Crippen LogP contribution in [0.15, 0.2) is 25.3 Å². The maximum Gasteiger partial charge on any atom is 0.248 e.